The number of halogens is 1. The van der Waals surface area contributed by atoms with E-state index in [1.54, 1.807) is 0 Å². The van der Waals surface area contributed by atoms with Gasteiger partial charge in [0.25, 0.3) is 0 Å². The smallest absolute Gasteiger partial charge is 0.0952 e. The van der Waals surface area contributed by atoms with Crippen molar-refractivity contribution in [3.63, 3.8) is 0 Å². The van der Waals surface area contributed by atoms with E-state index < -0.39 is 0 Å². The van der Waals surface area contributed by atoms with Crippen LogP contribution in [0.2, 0.25) is 5.02 Å². The molecule has 106 valence electrons. The first-order chi connectivity index (χ1) is 9.74. The average molecular weight is 292 g/mol. The van der Waals surface area contributed by atoms with Crippen molar-refractivity contribution in [3.8, 4) is 0 Å². The molecule has 1 unspecified atom stereocenters. The molecule has 0 aliphatic carbocycles. The molecule has 1 N–H and O–H groups in total. The van der Waals surface area contributed by atoms with Crippen molar-refractivity contribution in [1.29, 1.82) is 0 Å². The Hall–Kier alpha value is -1.36. The Morgan fingerprint density at radius 2 is 2.20 bits per heavy atom. The third kappa shape index (κ3) is 2.87. The number of aromatic nitrogens is 2. The Morgan fingerprint density at radius 3 is 2.90 bits per heavy atom. The number of hydrogen-bond acceptors (Lipinski definition) is 3. The third-order valence-electron chi connectivity index (χ3n) is 3.64. The predicted molar refractivity (Wildman–Crippen MR) is 78.7 cm³/mol. The zero-order valence-corrected chi connectivity index (χ0v) is 12.2. The Kier molecular flexibility index (Phi) is 4.05. The molecule has 1 saturated heterocycles. The molecule has 20 heavy (non-hydrogen) atoms. The molecule has 2 heterocycles. The van der Waals surface area contributed by atoms with Gasteiger partial charge in [-0.25, -0.2) is 0 Å². The highest BCUT2D eigenvalue weighted by Gasteiger charge is 2.23. The molecule has 0 bridgehead atoms. The fourth-order valence-electron chi connectivity index (χ4n) is 2.50. The number of rotatable bonds is 3. The van der Waals surface area contributed by atoms with Crippen LogP contribution in [0.1, 0.15) is 23.1 Å². The predicted octanol–water partition coefficient (Wildman–Crippen LogP) is 2.95. The topological polar surface area (TPSA) is 41.2 Å². The van der Waals surface area contributed by atoms with E-state index in [1.807, 2.05) is 25.1 Å². The van der Waals surface area contributed by atoms with Gasteiger partial charge in [0.1, 0.15) is 0 Å². The van der Waals surface area contributed by atoms with E-state index in [-0.39, 0.29) is 6.10 Å². The number of aromatic amines is 1. The van der Waals surface area contributed by atoms with Crippen LogP contribution in [0.5, 0.6) is 0 Å². The fraction of sp³-hybridized carbons (Fsp3) is 0.400. The van der Waals surface area contributed by atoms with Crippen LogP contribution >= 0.6 is 11.6 Å². The van der Waals surface area contributed by atoms with Crippen LogP contribution in [0.3, 0.4) is 0 Å². The van der Waals surface area contributed by atoms with Crippen molar-refractivity contribution in [2.75, 3.05) is 19.7 Å². The van der Waals surface area contributed by atoms with Gasteiger partial charge in [0.2, 0.25) is 0 Å². The summed E-state index contributed by atoms with van der Waals surface area (Å²) in [6.45, 7) is 5.21. The summed E-state index contributed by atoms with van der Waals surface area (Å²) in [5, 5.41) is 7.94. The van der Waals surface area contributed by atoms with Gasteiger partial charge in [0.15, 0.2) is 0 Å². The maximum absolute atomic E-state index is 6.23. The van der Waals surface area contributed by atoms with Crippen molar-refractivity contribution >= 4 is 11.6 Å². The molecule has 1 aliphatic rings. The standard InChI is InChI=1S/C15H18ClN3O/c1-11-15(16)13(18-17-11)9-19-7-8-20-14(10-19)12-5-3-2-4-6-12/h2-6,14H,7-10H2,1H3,(H,17,18). The summed E-state index contributed by atoms with van der Waals surface area (Å²) in [7, 11) is 0. The molecular formula is C15H18ClN3O. The first-order valence-electron chi connectivity index (χ1n) is 6.82. The second-order valence-corrected chi connectivity index (χ2v) is 5.49. The van der Waals surface area contributed by atoms with Crippen molar-refractivity contribution in [2.24, 2.45) is 0 Å². The zero-order valence-electron chi connectivity index (χ0n) is 11.5. The van der Waals surface area contributed by atoms with E-state index in [2.05, 4.69) is 27.2 Å². The number of benzene rings is 1. The zero-order chi connectivity index (χ0) is 13.9. The minimum Gasteiger partial charge on any atom is -0.371 e. The van der Waals surface area contributed by atoms with Crippen LogP contribution in [-0.2, 0) is 11.3 Å². The van der Waals surface area contributed by atoms with E-state index in [0.29, 0.717) is 0 Å². The van der Waals surface area contributed by atoms with E-state index in [4.69, 9.17) is 16.3 Å². The van der Waals surface area contributed by atoms with Crippen LogP contribution in [0.25, 0.3) is 0 Å². The monoisotopic (exact) mass is 291 g/mol. The van der Waals surface area contributed by atoms with E-state index in [0.717, 1.165) is 42.7 Å². The number of morpholine rings is 1. The molecule has 2 aromatic rings. The number of nitrogens with one attached hydrogen (secondary N) is 1. The third-order valence-corrected chi connectivity index (χ3v) is 4.14. The molecule has 0 radical (unpaired) electrons. The highest BCUT2D eigenvalue weighted by atomic mass is 35.5. The number of H-pyrrole nitrogens is 1. The van der Waals surface area contributed by atoms with Gasteiger partial charge < -0.3 is 4.74 Å². The first-order valence-corrected chi connectivity index (χ1v) is 7.20. The van der Waals surface area contributed by atoms with Gasteiger partial charge >= 0.3 is 0 Å². The van der Waals surface area contributed by atoms with Gasteiger partial charge in [-0.2, -0.15) is 5.10 Å². The van der Waals surface area contributed by atoms with Gasteiger partial charge in [-0.05, 0) is 12.5 Å². The largest absolute Gasteiger partial charge is 0.371 e. The summed E-state index contributed by atoms with van der Waals surface area (Å²) in [5.41, 5.74) is 3.06. The first kappa shape index (κ1) is 13.6. The lowest BCUT2D eigenvalue weighted by Gasteiger charge is -2.32. The molecule has 4 nitrogen and oxygen atoms in total. The lowest BCUT2D eigenvalue weighted by atomic mass is 10.1. The molecular weight excluding hydrogens is 274 g/mol. The Labute approximate surface area is 123 Å². The van der Waals surface area contributed by atoms with Crippen LogP contribution in [0.15, 0.2) is 30.3 Å². The molecule has 1 aliphatic heterocycles. The highest BCUT2D eigenvalue weighted by Crippen LogP contribution is 2.25. The number of nitrogens with zero attached hydrogens (tertiary/aromatic N) is 2. The number of ether oxygens (including phenoxy) is 1. The maximum Gasteiger partial charge on any atom is 0.0952 e. The van der Waals surface area contributed by atoms with Gasteiger partial charge in [0.05, 0.1) is 29.1 Å². The Balaban J connectivity index is 1.68. The molecule has 3 rings (SSSR count). The summed E-state index contributed by atoms with van der Waals surface area (Å²) >= 11 is 6.23. The van der Waals surface area contributed by atoms with Crippen LogP contribution < -0.4 is 0 Å². The summed E-state index contributed by atoms with van der Waals surface area (Å²) < 4.78 is 5.86. The SMILES string of the molecule is Cc1[nH]nc(CN2CCOC(c3ccccc3)C2)c1Cl. The van der Waals surface area contributed by atoms with E-state index in [9.17, 15) is 0 Å². The molecule has 1 aromatic carbocycles. The van der Waals surface area contributed by atoms with Crippen LogP contribution in [0.4, 0.5) is 0 Å². The Morgan fingerprint density at radius 1 is 1.40 bits per heavy atom. The van der Waals surface area contributed by atoms with Crippen molar-refractivity contribution in [2.45, 2.75) is 19.6 Å². The second kappa shape index (κ2) is 5.95. The number of hydrogen-bond donors (Lipinski definition) is 1. The maximum atomic E-state index is 6.23. The molecule has 1 aromatic heterocycles. The lowest BCUT2D eigenvalue weighted by molar-refractivity contribution is -0.0332. The summed E-state index contributed by atoms with van der Waals surface area (Å²) in [5.74, 6) is 0. The molecule has 0 spiro atoms. The van der Waals surface area contributed by atoms with Crippen LogP contribution in [0, 0.1) is 6.92 Å². The van der Waals surface area contributed by atoms with Crippen molar-refractivity contribution in [1.82, 2.24) is 15.1 Å². The van der Waals surface area contributed by atoms with Gasteiger partial charge in [-0.3, -0.25) is 10.00 Å². The van der Waals surface area contributed by atoms with Gasteiger partial charge in [0, 0.05) is 19.6 Å². The summed E-state index contributed by atoms with van der Waals surface area (Å²) in [6, 6.07) is 10.3. The average Bonchev–Trinajstić information content (AvgIpc) is 2.81. The molecule has 0 saturated carbocycles. The normalized spacial score (nSPS) is 20.2. The minimum atomic E-state index is 0.128. The van der Waals surface area contributed by atoms with Crippen LogP contribution in [-0.4, -0.2) is 34.8 Å². The summed E-state index contributed by atoms with van der Waals surface area (Å²) in [6.07, 6.45) is 0.128. The minimum absolute atomic E-state index is 0.128. The molecule has 0 amide bonds. The van der Waals surface area contributed by atoms with Gasteiger partial charge in [-0.15, -0.1) is 0 Å². The fourth-order valence-corrected chi connectivity index (χ4v) is 2.64. The summed E-state index contributed by atoms with van der Waals surface area (Å²) in [4.78, 5) is 2.34. The highest BCUT2D eigenvalue weighted by molar-refractivity contribution is 6.31. The van der Waals surface area contributed by atoms with E-state index in [1.165, 1.54) is 5.56 Å². The lowest BCUT2D eigenvalue weighted by Crippen LogP contribution is -2.37. The van der Waals surface area contributed by atoms with Gasteiger partial charge in [-0.1, -0.05) is 41.9 Å². The Bertz CT molecular complexity index is 570. The number of aryl methyl sites for hydroxylation is 1. The van der Waals surface area contributed by atoms with E-state index >= 15 is 0 Å². The van der Waals surface area contributed by atoms with Crippen molar-refractivity contribution in [3.05, 3.63) is 52.3 Å². The second-order valence-electron chi connectivity index (χ2n) is 5.11. The molecule has 1 fully saturated rings. The quantitative estimate of drug-likeness (QED) is 0.945. The molecule has 1 atom stereocenters. The molecule has 5 heteroatoms. The van der Waals surface area contributed by atoms with Crippen molar-refractivity contribution < 1.29 is 4.74 Å².